The number of ether oxygens (including phenoxy) is 1. The molecular weight excluding hydrogens is 264 g/mol. The number of carbonyl (C=O) groups is 1. The fraction of sp³-hybridized carbons (Fsp3) is 0.235. The first-order chi connectivity index (χ1) is 9.97. The second-order valence-corrected chi connectivity index (χ2v) is 5.11. The van der Waals surface area contributed by atoms with E-state index >= 15 is 0 Å². The SMILES string of the molecule is Cc1cc(N)ccc1OCC(=O)Nc1cccc(C)c1C. The van der Waals surface area contributed by atoms with Crippen LogP contribution in [-0.2, 0) is 4.79 Å². The van der Waals surface area contributed by atoms with Gasteiger partial charge in [-0.1, -0.05) is 12.1 Å². The van der Waals surface area contributed by atoms with Crippen LogP contribution < -0.4 is 15.8 Å². The molecule has 0 bridgehead atoms. The first kappa shape index (κ1) is 14.9. The first-order valence-corrected chi connectivity index (χ1v) is 6.82. The van der Waals surface area contributed by atoms with Crippen molar-refractivity contribution < 1.29 is 9.53 Å². The Bertz CT molecular complexity index is 666. The highest BCUT2D eigenvalue weighted by Crippen LogP contribution is 2.21. The second-order valence-electron chi connectivity index (χ2n) is 5.11. The molecule has 0 aliphatic heterocycles. The van der Waals surface area contributed by atoms with E-state index in [1.54, 1.807) is 12.1 Å². The molecule has 2 rings (SSSR count). The van der Waals surface area contributed by atoms with E-state index in [0.29, 0.717) is 11.4 Å². The van der Waals surface area contributed by atoms with Crippen molar-refractivity contribution in [2.24, 2.45) is 0 Å². The normalized spacial score (nSPS) is 10.2. The smallest absolute Gasteiger partial charge is 0.262 e. The van der Waals surface area contributed by atoms with Gasteiger partial charge >= 0.3 is 0 Å². The number of nitrogens with two attached hydrogens (primary N) is 1. The molecule has 4 heteroatoms. The number of hydrogen-bond donors (Lipinski definition) is 2. The highest BCUT2D eigenvalue weighted by Gasteiger charge is 2.08. The van der Waals surface area contributed by atoms with E-state index in [4.69, 9.17) is 10.5 Å². The predicted molar refractivity (Wildman–Crippen MR) is 85.6 cm³/mol. The second kappa shape index (κ2) is 6.31. The van der Waals surface area contributed by atoms with Crippen LogP contribution in [-0.4, -0.2) is 12.5 Å². The summed E-state index contributed by atoms with van der Waals surface area (Å²) in [6.45, 7) is 5.86. The Balaban J connectivity index is 1.97. The third kappa shape index (κ3) is 3.75. The van der Waals surface area contributed by atoms with Crippen LogP contribution in [0.25, 0.3) is 0 Å². The molecule has 3 N–H and O–H groups in total. The van der Waals surface area contributed by atoms with Crippen molar-refractivity contribution in [3.63, 3.8) is 0 Å². The summed E-state index contributed by atoms with van der Waals surface area (Å²) in [5.41, 5.74) is 10.3. The molecule has 0 heterocycles. The molecule has 2 aromatic carbocycles. The average molecular weight is 284 g/mol. The summed E-state index contributed by atoms with van der Waals surface area (Å²) in [5, 5.41) is 2.86. The summed E-state index contributed by atoms with van der Waals surface area (Å²) in [4.78, 5) is 12.0. The minimum atomic E-state index is -0.181. The van der Waals surface area contributed by atoms with Crippen LogP contribution >= 0.6 is 0 Å². The number of carbonyl (C=O) groups excluding carboxylic acids is 1. The maximum absolute atomic E-state index is 12.0. The third-order valence-electron chi connectivity index (χ3n) is 3.44. The van der Waals surface area contributed by atoms with Crippen molar-refractivity contribution >= 4 is 17.3 Å². The van der Waals surface area contributed by atoms with Gasteiger partial charge in [0.05, 0.1) is 0 Å². The van der Waals surface area contributed by atoms with E-state index in [-0.39, 0.29) is 12.5 Å². The van der Waals surface area contributed by atoms with Crippen LogP contribution in [0.5, 0.6) is 5.75 Å². The number of anilines is 2. The Morgan fingerprint density at radius 1 is 1.14 bits per heavy atom. The first-order valence-electron chi connectivity index (χ1n) is 6.82. The monoisotopic (exact) mass is 284 g/mol. The molecule has 0 saturated heterocycles. The number of nitrogens with one attached hydrogen (secondary N) is 1. The largest absolute Gasteiger partial charge is 0.483 e. The molecule has 0 unspecified atom stereocenters. The van der Waals surface area contributed by atoms with Gasteiger partial charge in [-0.05, 0) is 61.7 Å². The zero-order valence-corrected chi connectivity index (χ0v) is 12.6. The number of rotatable bonds is 4. The van der Waals surface area contributed by atoms with Crippen LogP contribution in [0.2, 0.25) is 0 Å². The van der Waals surface area contributed by atoms with Gasteiger partial charge in [-0.25, -0.2) is 0 Å². The van der Waals surface area contributed by atoms with Crippen molar-refractivity contribution in [3.05, 3.63) is 53.1 Å². The molecule has 0 atom stereocenters. The highest BCUT2D eigenvalue weighted by atomic mass is 16.5. The van der Waals surface area contributed by atoms with Crippen molar-refractivity contribution in [2.75, 3.05) is 17.7 Å². The summed E-state index contributed by atoms with van der Waals surface area (Å²) in [6.07, 6.45) is 0. The Labute approximate surface area is 124 Å². The number of amides is 1. The zero-order valence-electron chi connectivity index (χ0n) is 12.6. The zero-order chi connectivity index (χ0) is 15.4. The van der Waals surface area contributed by atoms with E-state index in [1.807, 2.05) is 45.0 Å². The van der Waals surface area contributed by atoms with Gasteiger partial charge in [0.2, 0.25) is 0 Å². The molecule has 4 nitrogen and oxygen atoms in total. The molecule has 0 aliphatic carbocycles. The summed E-state index contributed by atoms with van der Waals surface area (Å²) in [7, 11) is 0. The van der Waals surface area contributed by atoms with E-state index in [9.17, 15) is 4.79 Å². The van der Waals surface area contributed by atoms with E-state index in [1.165, 1.54) is 0 Å². The van der Waals surface area contributed by atoms with Gasteiger partial charge in [-0.2, -0.15) is 0 Å². The molecule has 0 aliphatic rings. The topological polar surface area (TPSA) is 64.3 Å². The summed E-state index contributed by atoms with van der Waals surface area (Å²) in [6, 6.07) is 11.2. The van der Waals surface area contributed by atoms with Gasteiger partial charge in [0.1, 0.15) is 5.75 Å². The molecule has 110 valence electrons. The minimum Gasteiger partial charge on any atom is -0.483 e. The van der Waals surface area contributed by atoms with Gasteiger partial charge < -0.3 is 15.8 Å². The van der Waals surface area contributed by atoms with Gasteiger partial charge in [0.25, 0.3) is 5.91 Å². The Kier molecular flexibility index (Phi) is 4.48. The molecule has 21 heavy (non-hydrogen) atoms. The maximum Gasteiger partial charge on any atom is 0.262 e. The Morgan fingerprint density at radius 2 is 1.90 bits per heavy atom. The van der Waals surface area contributed by atoms with Gasteiger partial charge in [0.15, 0.2) is 6.61 Å². The van der Waals surface area contributed by atoms with Crippen molar-refractivity contribution in [1.29, 1.82) is 0 Å². The minimum absolute atomic E-state index is 0.0296. The molecular formula is C17H20N2O2. The summed E-state index contributed by atoms with van der Waals surface area (Å²) >= 11 is 0. The lowest BCUT2D eigenvalue weighted by molar-refractivity contribution is -0.118. The Hall–Kier alpha value is -2.49. The van der Waals surface area contributed by atoms with Crippen molar-refractivity contribution in [2.45, 2.75) is 20.8 Å². The molecule has 0 saturated carbocycles. The lowest BCUT2D eigenvalue weighted by Crippen LogP contribution is -2.21. The predicted octanol–water partition coefficient (Wildman–Crippen LogP) is 3.21. The van der Waals surface area contributed by atoms with E-state index in [2.05, 4.69) is 5.32 Å². The average Bonchev–Trinajstić information content (AvgIpc) is 2.43. The van der Waals surface area contributed by atoms with Crippen LogP contribution in [0.3, 0.4) is 0 Å². The molecule has 0 spiro atoms. The van der Waals surface area contributed by atoms with Crippen LogP contribution in [0.15, 0.2) is 36.4 Å². The van der Waals surface area contributed by atoms with Crippen LogP contribution in [0.1, 0.15) is 16.7 Å². The maximum atomic E-state index is 12.0. The lowest BCUT2D eigenvalue weighted by atomic mass is 10.1. The summed E-state index contributed by atoms with van der Waals surface area (Å²) in [5.74, 6) is 0.486. The van der Waals surface area contributed by atoms with E-state index < -0.39 is 0 Å². The Morgan fingerprint density at radius 3 is 2.62 bits per heavy atom. The number of hydrogen-bond acceptors (Lipinski definition) is 3. The van der Waals surface area contributed by atoms with Gasteiger partial charge in [-0.15, -0.1) is 0 Å². The number of benzene rings is 2. The highest BCUT2D eigenvalue weighted by molar-refractivity contribution is 5.92. The third-order valence-corrected chi connectivity index (χ3v) is 3.44. The number of aryl methyl sites for hydroxylation is 2. The standard InChI is InChI=1S/C17H20N2O2/c1-11-5-4-6-15(13(11)3)19-17(20)10-21-16-8-7-14(18)9-12(16)2/h4-9H,10,18H2,1-3H3,(H,19,20). The molecule has 2 aromatic rings. The fourth-order valence-corrected chi connectivity index (χ4v) is 2.05. The van der Waals surface area contributed by atoms with Crippen LogP contribution in [0, 0.1) is 20.8 Å². The quantitative estimate of drug-likeness (QED) is 0.847. The molecule has 0 fully saturated rings. The number of nitrogen functional groups attached to an aromatic ring is 1. The van der Waals surface area contributed by atoms with Crippen molar-refractivity contribution in [3.8, 4) is 5.75 Å². The van der Waals surface area contributed by atoms with Gasteiger partial charge in [0, 0.05) is 11.4 Å². The molecule has 0 aromatic heterocycles. The lowest BCUT2D eigenvalue weighted by Gasteiger charge is -2.12. The molecule has 0 radical (unpaired) electrons. The molecule has 1 amide bonds. The summed E-state index contributed by atoms with van der Waals surface area (Å²) < 4.78 is 5.53. The fourth-order valence-electron chi connectivity index (χ4n) is 2.05. The van der Waals surface area contributed by atoms with E-state index in [0.717, 1.165) is 22.4 Å². The van der Waals surface area contributed by atoms with Crippen molar-refractivity contribution in [1.82, 2.24) is 0 Å². The van der Waals surface area contributed by atoms with Gasteiger partial charge in [-0.3, -0.25) is 4.79 Å². The van der Waals surface area contributed by atoms with Crippen LogP contribution in [0.4, 0.5) is 11.4 Å².